The topological polar surface area (TPSA) is 25.8 Å². The second-order valence-corrected chi connectivity index (χ2v) is 10.4. The number of pyridine rings is 2. The summed E-state index contributed by atoms with van der Waals surface area (Å²) in [4.78, 5) is 10.0. The van der Waals surface area contributed by atoms with Crippen LogP contribution in [-0.2, 0) is 12.8 Å². The lowest BCUT2D eigenvalue weighted by Crippen LogP contribution is -1.95. The molecule has 40 heavy (non-hydrogen) atoms. The lowest BCUT2D eigenvalue weighted by Gasteiger charge is -2.14. The van der Waals surface area contributed by atoms with E-state index in [4.69, 9.17) is 9.97 Å². The molecule has 0 N–H and O–H groups in total. The van der Waals surface area contributed by atoms with Crippen molar-refractivity contribution in [2.45, 2.75) is 26.7 Å². The van der Waals surface area contributed by atoms with Gasteiger partial charge in [-0.05, 0) is 69.1 Å². The van der Waals surface area contributed by atoms with E-state index in [-0.39, 0.29) is 0 Å². The summed E-state index contributed by atoms with van der Waals surface area (Å²) < 4.78 is 0. The number of rotatable bonds is 5. The van der Waals surface area contributed by atoms with Crippen LogP contribution in [0.5, 0.6) is 0 Å². The van der Waals surface area contributed by atoms with E-state index in [1.54, 1.807) is 0 Å². The predicted octanol–water partition coefficient (Wildman–Crippen LogP) is 10.1. The molecule has 0 unspecified atom stereocenters. The van der Waals surface area contributed by atoms with Crippen molar-refractivity contribution in [1.82, 2.24) is 9.97 Å². The molecule has 0 atom stereocenters. The molecular formula is C38H30N2. The summed E-state index contributed by atoms with van der Waals surface area (Å²) in [5.41, 5.74) is 11.6. The average Bonchev–Trinajstić information content (AvgIpc) is 3.03. The summed E-state index contributed by atoms with van der Waals surface area (Å²) >= 11 is 0. The zero-order valence-corrected chi connectivity index (χ0v) is 22.9. The van der Waals surface area contributed by atoms with Gasteiger partial charge in [0, 0.05) is 22.2 Å². The maximum absolute atomic E-state index is 5.05. The number of hydrogen-bond donors (Lipinski definition) is 0. The highest BCUT2D eigenvalue weighted by Crippen LogP contribution is 2.37. The van der Waals surface area contributed by atoms with Crippen LogP contribution >= 0.6 is 0 Å². The highest BCUT2D eigenvalue weighted by atomic mass is 14.8. The van der Waals surface area contributed by atoms with E-state index in [9.17, 15) is 0 Å². The summed E-state index contributed by atoms with van der Waals surface area (Å²) in [6, 6.07) is 43.8. The molecule has 0 spiro atoms. The second kappa shape index (κ2) is 10.1. The highest BCUT2D eigenvalue weighted by molar-refractivity contribution is 6.09. The van der Waals surface area contributed by atoms with Crippen molar-refractivity contribution in [3.8, 4) is 33.4 Å². The maximum Gasteiger partial charge on any atom is 0.0974 e. The number of hydrogen-bond acceptors (Lipinski definition) is 2. The van der Waals surface area contributed by atoms with Crippen LogP contribution in [0.1, 0.15) is 25.2 Å². The van der Waals surface area contributed by atoms with Crippen molar-refractivity contribution in [1.29, 1.82) is 0 Å². The quantitative estimate of drug-likeness (QED) is 0.214. The van der Waals surface area contributed by atoms with Crippen molar-refractivity contribution in [2.75, 3.05) is 0 Å². The van der Waals surface area contributed by atoms with Crippen LogP contribution in [0.25, 0.3) is 66.0 Å². The smallest absolute Gasteiger partial charge is 0.0974 e. The number of nitrogens with zero attached hydrogens (tertiary/aromatic N) is 2. The molecule has 0 radical (unpaired) electrons. The Bertz CT molecular complexity index is 2010. The third-order valence-electron chi connectivity index (χ3n) is 7.99. The molecule has 192 valence electrons. The fourth-order valence-corrected chi connectivity index (χ4v) is 5.83. The first-order valence-electron chi connectivity index (χ1n) is 14.1. The SMILES string of the molecule is CCc1ccc2ccc3c(-c4ccc(-c5ccc(-c6ccccc6)c6ccccc56)cc4)cc(CC)nc3c2n1. The molecule has 0 saturated heterocycles. The lowest BCUT2D eigenvalue weighted by atomic mass is 9.91. The highest BCUT2D eigenvalue weighted by Gasteiger charge is 2.13. The van der Waals surface area contributed by atoms with Gasteiger partial charge in [0.2, 0.25) is 0 Å². The molecule has 0 saturated carbocycles. The monoisotopic (exact) mass is 514 g/mol. The van der Waals surface area contributed by atoms with Crippen LogP contribution in [0.3, 0.4) is 0 Å². The molecule has 7 rings (SSSR count). The van der Waals surface area contributed by atoms with E-state index in [0.29, 0.717) is 0 Å². The second-order valence-electron chi connectivity index (χ2n) is 10.4. The number of benzene rings is 5. The van der Waals surface area contributed by atoms with Crippen molar-refractivity contribution < 1.29 is 0 Å². The van der Waals surface area contributed by atoms with Crippen LogP contribution in [0.2, 0.25) is 0 Å². The molecule has 0 amide bonds. The Morgan fingerprint density at radius 3 is 1.62 bits per heavy atom. The largest absolute Gasteiger partial charge is 0.251 e. The molecule has 0 fully saturated rings. The first kappa shape index (κ1) is 24.2. The Morgan fingerprint density at radius 1 is 0.425 bits per heavy atom. The van der Waals surface area contributed by atoms with Gasteiger partial charge >= 0.3 is 0 Å². The molecule has 0 aliphatic carbocycles. The minimum atomic E-state index is 0.880. The molecule has 2 heteroatoms. The zero-order chi connectivity index (χ0) is 27.1. The first-order chi connectivity index (χ1) is 19.7. The van der Waals surface area contributed by atoms with E-state index in [2.05, 4.69) is 135 Å². The van der Waals surface area contributed by atoms with Crippen LogP contribution in [0, 0.1) is 0 Å². The van der Waals surface area contributed by atoms with E-state index in [1.165, 1.54) is 44.2 Å². The molecule has 0 aliphatic rings. The van der Waals surface area contributed by atoms with Gasteiger partial charge in [0.15, 0.2) is 0 Å². The van der Waals surface area contributed by atoms with Gasteiger partial charge in [-0.3, -0.25) is 9.97 Å². The van der Waals surface area contributed by atoms with Gasteiger partial charge in [0.25, 0.3) is 0 Å². The van der Waals surface area contributed by atoms with Crippen LogP contribution < -0.4 is 0 Å². The summed E-state index contributed by atoms with van der Waals surface area (Å²) in [6.07, 6.45) is 1.79. The van der Waals surface area contributed by atoms with Gasteiger partial charge in [-0.2, -0.15) is 0 Å². The number of aromatic nitrogens is 2. The fourth-order valence-electron chi connectivity index (χ4n) is 5.83. The molecule has 5 aromatic carbocycles. The van der Waals surface area contributed by atoms with Crippen LogP contribution in [-0.4, -0.2) is 9.97 Å². The van der Waals surface area contributed by atoms with Crippen molar-refractivity contribution in [3.63, 3.8) is 0 Å². The van der Waals surface area contributed by atoms with Gasteiger partial charge < -0.3 is 0 Å². The van der Waals surface area contributed by atoms with Crippen molar-refractivity contribution in [3.05, 3.63) is 133 Å². The maximum atomic E-state index is 5.05. The van der Waals surface area contributed by atoms with Gasteiger partial charge in [0.1, 0.15) is 0 Å². The summed E-state index contributed by atoms with van der Waals surface area (Å²) in [5.74, 6) is 0. The fraction of sp³-hybridized carbons (Fsp3) is 0.105. The Hall–Kier alpha value is -4.82. The van der Waals surface area contributed by atoms with Crippen LogP contribution in [0.15, 0.2) is 121 Å². The number of fused-ring (bicyclic) bond motifs is 4. The minimum absolute atomic E-state index is 0.880. The third-order valence-corrected chi connectivity index (χ3v) is 7.99. The minimum Gasteiger partial charge on any atom is -0.251 e. The third kappa shape index (κ3) is 4.13. The molecule has 7 aromatic rings. The molecule has 0 aliphatic heterocycles. The van der Waals surface area contributed by atoms with Gasteiger partial charge in [-0.1, -0.05) is 123 Å². The Balaban J connectivity index is 1.36. The summed E-state index contributed by atoms with van der Waals surface area (Å²) in [7, 11) is 0. The molecular weight excluding hydrogens is 484 g/mol. The average molecular weight is 515 g/mol. The predicted molar refractivity (Wildman–Crippen MR) is 170 cm³/mol. The van der Waals surface area contributed by atoms with E-state index in [1.807, 2.05) is 0 Å². The van der Waals surface area contributed by atoms with E-state index >= 15 is 0 Å². The van der Waals surface area contributed by atoms with Crippen molar-refractivity contribution >= 4 is 32.6 Å². The van der Waals surface area contributed by atoms with Gasteiger partial charge in [-0.15, -0.1) is 0 Å². The van der Waals surface area contributed by atoms with Crippen LogP contribution in [0.4, 0.5) is 0 Å². The lowest BCUT2D eigenvalue weighted by molar-refractivity contribution is 1.05. The Labute approximate surface area is 235 Å². The molecule has 2 nitrogen and oxygen atoms in total. The summed E-state index contributed by atoms with van der Waals surface area (Å²) in [6.45, 7) is 4.32. The van der Waals surface area contributed by atoms with Gasteiger partial charge in [0.05, 0.1) is 11.0 Å². The zero-order valence-electron chi connectivity index (χ0n) is 22.9. The summed E-state index contributed by atoms with van der Waals surface area (Å²) in [5, 5.41) is 4.82. The van der Waals surface area contributed by atoms with Gasteiger partial charge in [-0.25, -0.2) is 0 Å². The molecule has 2 heterocycles. The molecule has 2 aromatic heterocycles. The number of aryl methyl sites for hydroxylation is 2. The van der Waals surface area contributed by atoms with Crippen molar-refractivity contribution in [2.24, 2.45) is 0 Å². The molecule has 0 bridgehead atoms. The standard InChI is InChI=1S/C38H30N2/c1-3-29-20-18-28-19-21-35-36(24-30(4-2)40-38(35)37(28)39-29)27-16-14-26(15-17-27)32-23-22-31(25-10-6-5-7-11-25)33-12-8-9-13-34(32)33/h5-24H,3-4H2,1-2H3. The normalized spacial score (nSPS) is 11.4. The Morgan fingerprint density at radius 2 is 0.975 bits per heavy atom. The Kier molecular flexibility index (Phi) is 6.09. The van der Waals surface area contributed by atoms with E-state index in [0.717, 1.165) is 46.0 Å². The van der Waals surface area contributed by atoms with E-state index < -0.39 is 0 Å². The first-order valence-corrected chi connectivity index (χ1v) is 14.1.